The molecule has 4 heterocycles. The Labute approximate surface area is 192 Å². The molecule has 6 rings (SSSR count). The second kappa shape index (κ2) is 8.67. The monoisotopic (exact) mass is 439 g/mol. The number of anilines is 1. The summed E-state index contributed by atoms with van der Waals surface area (Å²) in [5.41, 5.74) is 1.88. The minimum Gasteiger partial charge on any atom is -0.486 e. The van der Waals surface area contributed by atoms with Crippen molar-refractivity contribution in [1.82, 2.24) is 19.9 Å². The van der Waals surface area contributed by atoms with Crippen LogP contribution in [0.3, 0.4) is 0 Å². The Bertz CT molecular complexity index is 1260. The number of ether oxygens (including phenoxy) is 2. The summed E-state index contributed by atoms with van der Waals surface area (Å²) >= 11 is 0. The van der Waals surface area contributed by atoms with Crippen molar-refractivity contribution < 1.29 is 9.47 Å². The summed E-state index contributed by atoms with van der Waals surface area (Å²) in [7, 11) is 0. The summed E-state index contributed by atoms with van der Waals surface area (Å²) < 4.78 is 12.0. The number of piperazine rings is 1. The maximum absolute atomic E-state index is 6.16. The first kappa shape index (κ1) is 19.9. The van der Waals surface area contributed by atoms with Gasteiger partial charge in [0.15, 0.2) is 17.3 Å². The van der Waals surface area contributed by atoms with Crippen LogP contribution in [0.25, 0.3) is 22.3 Å². The van der Waals surface area contributed by atoms with Crippen LogP contribution in [0.2, 0.25) is 0 Å². The van der Waals surface area contributed by atoms with Gasteiger partial charge in [0.1, 0.15) is 18.5 Å². The van der Waals surface area contributed by atoms with Crippen molar-refractivity contribution in [1.29, 1.82) is 0 Å². The Hall–Kier alpha value is -3.71. The molecular weight excluding hydrogens is 414 g/mol. The van der Waals surface area contributed by atoms with Gasteiger partial charge < -0.3 is 14.4 Å². The van der Waals surface area contributed by atoms with Crippen LogP contribution in [0, 0.1) is 0 Å². The standard InChI is InChI=1S/C26H25N5O2/c1-2-8-22-21(7-1)26(29-25(28-22)19-6-5-11-27-16-19)31-14-12-30(13-15-31)17-20-18-32-23-9-3-4-10-24(23)33-20/h1-11,16,20H,12-15,17-18H2. The van der Waals surface area contributed by atoms with E-state index >= 15 is 0 Å². The van der Waals surface area contributed by atoms with Gasteiger partial charge in [-0.1, -0.05) is 24.3 Å². The lowest BCUT2D eigenvalue weighted by Crippen LogP contribution is -2.51. The summed E-state index contributed by atoms with van der Waals surface area (Å²) in [4.78, 5) is 18.8. The van der Waals surface area contributed by atoms with E-state index in [0.29, 0.717) is 12.4 Å². The molecule has 2 aromatic heterocycles. The highest BCUT2D eigenvalue weighted by Crippen LogP contribution is 2.31. The van der Waals surface area contributed by atoms with E-state index in [2.05, 4.69) is 26.9 Å². The molecule has 0 amide bonds. The molecule has 0 N–H and O–H groups in total. The van der Waals surface area contributed by atoms with E-state index < -0.39 is 0 Å². The smallest absolute Gasteiger partial charge is 0.163 e. The second-order valence-corrected chi connectivity index (χ2v) is 8.41. The zero-order valence-electron chi connectivity index (χ0n) is 18.3. The number of hydrogen-bond donors (Lipinski definition) is 0. The average molecular weight is 440 g/mol. The highest BCUT2D eigenvalue weighted by Gasteiger charge is 2.26. The fourth-order valence-corrected chi connectivity index (χ4v) is 4.51. The van der Waals surface area contributed by atoms with Crippen LogP contribution in [0.4, 0.5) is 5.82 Å². The molecule has 1 saturated heterocycles. The molecule has 2 aliphatic rings. The van der Waals surface area contributed by atoms with Crippen molar-refractivity contribution in [3.63, 3.8) is 0 Å². The number of fused-ring (bicyclic) bond motifs is 2. The van der Waals surface area contributed by atoms with Gasteiger partial charge in [0, 0.05) is 56.1 Å². The van der Waals surface area contributed by atoms with Crippen molar-refractivity contribution in [2.75, 3.05) is 44.2 Å². The third kappa shape index (κ3) is 4.07. The number of benzene rings is 2. The van der Waals surface area contributed by atoms with Gasteiger partial charge in [-0.2, -0.15) is 0 Å². The maximum atomic E-state index is 6.16. The lowest BCUT2D eigenvalue weighted by molar-refractivity contribution is 0.0571. The summed E-state index contributed by atoms with van der Waals surface area (Å²) in [5.74, 6) is 3.37. The summed E-state index contributed by atoms with van der Waals surface area (Å²) in [5, 5.41) is 1.08. The Morgan fingerprint density at radius 1 is 0.848 bits per heavy atom. The van der Waals surface area contributed by atoms with Gasteiger partial charge in [0.25, 0.3) is 0 Å². The fourth-order valence-electron chi connectivity index (χ4n) is 4.51. The van der Waals surface area contributed by atoms with E-state index in [1.807, 2.05) is 54.7 Å². The van der Waals surface area contributed by atoms with Crippen LogP contribution in [0.5, 0.6) is 11.5 Å². The van der Waals surface area contributed by atoms with E-state index in [1.165, 1.54) is 0 Å². The van der Waals surface area contributed by atoms with Crippen LogP contribution < -0.4 is 14.4 Å². The molecule has 7 nitrogen and oxygen atoms in total. The maximum Gasteiger partial charge on any atom is 0.163 e. The van der Waals surface area contributed by atoms with Crippen molar-refractivity contribution in [2.45, 2.75) is 6.10 Å². The normalized spacial score (nSPS) is 18.4. The van der Waals surface area contributed by atoms with Gasteiger partial charge in [-0.15, -0.1) is 0 Å². The van der Waals surface area contributed by atoms with Crippen LogP contribution in [-0.2, 0) is 0 Å². The molecule has 0 saturated carbocycles. The third-order valence-electron chi connectivity index (χ3n) is 6.20. The van der Waals surface area contributed by atoms with Crippen LogP contribution in [0.1, 0.15) is 0 Å². The largest absolute Gasteiger partial charge is 0.486 e. The molecule has 1 fully saturated rings. The molecule has 0 bridgehead atoms. The number of pyridine rings is 1. The Balaban J connectivity index is 1.18. The lowest BCUT2D eigenvalue weighted by atomic mass is 10.2. The predicted molar refractivity (Wildman–Crippen MR) is 128 cm³/mol. The molecule has 0 aliphatic carbocycles. The van der Waals surface area contributed by atoms with Crippen LogP contribution in [0.15, 0.2) is 73.1 Å². The zero-order chi connectivity index (χ0) is 22.0. The van der Waals surface area contributed by atoms with Crippen LogP contribution in [-0.4, -0.2) is 65.3 Å². The highest BCUT2D eigenvalue weighted by molar-refractivity contribution is 5.91. The molecule has 2 aliphatic heterocycles. The van der Waals surface area contributed by atoms with E-state index in [-0.39, 0.29) is 6.10 Å². The van der Waals surface area contributed by atoms with Crippen molar-refractivity contribution in [3.8, 4) is 22.9 Å². The molecule has 4 aromatic rings. The minimum absolute atomic E-state index is 0.0449. The Morgan fingerprint density at radius 2 is 1.67 bits per heavy atom. The van der Waals surface area contributed by atoms with Gasteiger partial charge in [0.05, 0.1) is 5.52 Å². The lowest BCUT2D eigenvalue weighted by Gasteiger charge is -2.38. The SMILES string of the molecule is c1cncc(-c2nc(N3CCN(CC4COc5ccccc5O4)CC3)c3ccccc3n2)c1. The molecule has 33 heavy (non-hydrogen) atoms. The van der Waals surface area contributed by atoms with Gasteiger partial charge in [-0.25, -0.2) is 9.97 Å². The van der Waals surface area contributed by atoms with E-state index in [9.17, 15) is 0 Å². The number of rotatable bonds is 4. The van der Waals surface area contributed by atoms with Crippen molar-refractivity contribution in [2.24, 2.45) is 0 Å². The molecular formula is C26H25N5O2. The van der Waals surface area contributed by atoms with Crippen molar-refractivity contribution >= 4 is 16.7 Å². The van der Waals surface area contributed by atoms with Crippen molar-refractivity contribution in [3.05, 3.63) is 73.1 Å². The first-order valence-corrected chi connectivity index (χ1v) is 11.4. The number of hydrogen-bond acceptors (Lipinski definition) is 7. The summed E-state index contributed by atoms with van der Waals surface area (Å²) in [6.45, 7) is 5.13. The van der Waals surface area contributed by atoms with Gasteiger partial charge in [0.2, 0.25) is 0 Å². The highest BCUT2D eigenvalue weighted by atomic mass is 16.6. The first-order valence-electron chi connectivity index (χ1n) is 11.4. The summed E-state index contributed by atoms with van der Waals surface area (Å²) in [6, 6.07) is 20.0. The molecule has 1 unspecified atom stereocenters. The molecule has 166 valence electrons. The molecule has 0 spiro atoms. The minimum atomic E-state index is 0.0449. The summed E-state index contributed by atoms with van der Waals surface area (Å²) in [6.07, 6.45) is 3.63. The van der Waals surface area contributed by atoms with Gasteiger partial charge in [-0.05, 0) is 36.4 Å². The third-order valence-corrected chi connectivity index (χ3v) is 6.20. The average Bonchev–Trinajstić information content (AvgIpc) is 2.89. The predicted octanol–water partition coefficient (Wildman–Crippen LogP) is 3.65. The molecule has 0 radical (unpaired) electrons. The zero-order valence-corrected chi connectivity index (χ0v) is 18.3. The van der Waals surface area contributed by atoms with Crippen LogP contribution >= 0.6 is 0 Å². The van der Waals surface area contributed by atoms with Gasteiger partial charge in [-0.3, -0.25) is 9.88 Å². The number of aromatic nitrogens is 3. The number of para-hydroxylation sites is 3. The molecule has 1 atom stereocenters. The number of nitrogens with zero attached hydrogens (tertiary/aromatic N) is 5. The first-order chi connectivity index (χ1) is 16.3. The van der Waals surface area contributed by atoms with E-state index in [4.69, 9.17) is 19.4 Å². The Kier molecular flexibility index (Phi) is 5.24. The second-order valence-electron chi connectivity index (χ2n) is 8.41. The molecule has 2 aromatic carbocycles. The topological polar surface area (TPSA) is 63.6 Å². The van der Waals surface area contributed by atoms with E-state index in [0.717, 1.165) is 66.5 Å². The fraction of sp³-hybridized carbons (Fsp3) is 0.269. The van der Waals surface area contributed by atoms with E-state index in [1.54, 1.807) is 6.20 Å². The molecule has 7 heteroatoms. The quantitative estimate of drug-likeness (QED) is 0.481. The van der Waals surface area contributed by atoms with Gasteiger partial charge >= 0.3 is 0 Å². The Morgan fingerprint density at radius 3 is 2.52 bits per heavy atom.